The quantitative estimate of drug-likeness (QED) is 0.626. The predicted molar refractivity (Wildman–Crippen MR) is 119 cm³/mol. The van der Waals surface area contributed by atoms with E-state index in [0.717, 1.165) is 17.8 Å². The van der Waals surface area contributed by atoms with Gasteiger partial charge in [0.2, 0.25) is 0 Å². The second kappa shape index (κ2) is 8.95. The number of nitrogens with zero attached hydrogens (tertiary/aromatic N) is 3. The number of anilines is 1. The van der Waals surface area contributed by atoms with Gasteiger partial charge >= 0.3 is 0 Å². The van der Waals surface area contributed by atoms with Crippen LogP contribution in [-0.4, -0.2) is 52.1 Å². The van der Waals surface area contributed by atoms with E-state index in [1.54, 1.807) is 6.07 Å². The molecule has 0 unspecified atom stereocenters. The van der Waals surface area contributed by atoms with Gasteiger partial charge in [-0.1, -0.05) is 30.3 Å². The summed E-state index contributed by atoms with van der Waals surface area (Å²) in [4.78, 5) is 24.0. The number of nitrogens with one attached hydrogen (secondary N) is 2. The summed E-state index contributed by atoms with van der Waals surface area (Å²) < 4.78 is 0. The highest BCUT2D eigenvalue weighted by molar-refractivity contribution is 7.80. The summed E-state index contributed by atoms with van der Waals surface area (Å²) in [6.45, 7) is 4.00. The molecule has 0 bridgehead atoms. The van der Waals surface area contributed by atoms with Crippen molar-refractivity contribution in [1.29, 1.82) is 0 Å². The SMILES string of the molecule is Cc1ccccc1NC(=S)N(CCN(C)C)Cc1nc2ccccc2c(=O)[nH]1. The number of thiocarbonyl (C=S) groups is 1. The van der Waals surface area contributed by atoms with Crippen molar-refractivity contribution in [3.63, 3.8) is 0 Å². The van der Waals surface area contributed by atoms with Crippen LogP contribution in [0.1, 0.15) is 11.4 Å². The van der Waals surface area contributed by atoms with Crippen LogP contribution < -0.4 is 10.9 Å². The lowest BCUT2D eigenvalue weighted by Crippen LogP contribution is -2.39. The number of aromatic amines is 1. The highest BCUT2D eigenvalue weighted by atomic mass is 32.1. The Labute approximate surface area is 170 Å². The summed E-state index contributed by atoms with van der Waals surface area (Å²) in [5, 5.41) is 4.52. The molecule has 2 N–H and O–H groups in total. The number of hydrogen-bond acceptors (Lipinski definition) is 4. The molecule has 0 aliphatic carbocycles. The normalized spacial score (nSPS) is 11.0. The molecule has 0 saturated carbocycles. The lowest BCUT2D eigenvalue weighted by molar-refractivity contribution is 0.323. The molecule has 0 saturated heterocycles. The van der Waals surface area contributed by atoms with Crippen LogP contribution in [-0.2, 0) is 6.54 Å². The number of fused-ring (bicyclic) bond motifs is 1. The van der Waals surface area contributed by atoms with Crippen molar-refractivity contribution in [2.24, 2.45) is 0 Å². The number of rotatable bonds is 6. The Morgan fingerprint density at radius 1 is 1.11 bits per heavy atom. The first-order valence-electron chi connectivity index (χ1n) is 9.18. The summed E-state index contributed by atoms with van der Waals surface area (Å²) in [7, 11) is 4.04. The molecule has 7 heteroatoms. The van der Waals surface area contributed by atoms with Gasteiger partial charge in [0.1, 0.15) is 5.82 Å². The molecule has 28 heavy (non-hydrogen) atoms. The summed E-state index contributed by atoms with van der Waals surface area (Å²) in [5.41, 5.74) is 2.65. The topological polar surface area (TPSA) is 64.3 Å². The van der Waals surface area contributed by atoms with E-state index in [1.807, 2.05) is 68.4 Å². The molecule has 6 nitrogen and oxygen atoms in total. The van der Waals surface area contributed by atoms with E-state index >= 15 is 0 Å². The van der Waals surface area contributed by atoms with Gasteiger partial charge in [0.05, 0.1) is 17.4 Å². The van der Waals surface area contributed by atoms with Gasteiger partial charge in [0, 0.05) is 18.8 Å². The molecule has 2 aromatic carbocycles. The maximum absolute atomic E-state index is 12.4. The first kappa shape index (κ1) is 20.0. The van der Waals surface area contributed by atoms with Crippen LogP contribution in [0, 0.1) is 6.92 Å². The fraction of sp³-hybridized carbons (Fsp3) is 0.286. The van der Waals surface area contributed by atoms with Crippen LogP contribution in [0.2, 0.25) is 0 Å². The van der Waals surface area contributed by atoms with Gasteiger partial charge in [-0.2, -0.15) is 0 Å². The third-order valence-electron chi connectivity index (χ3n) is 4.49. The molecule has 0 spiro atoms. The van der Waals surface area contributed by atoms with Gasteiger partial charge in [-0.05, 0) is 57.0 Å². The second-order valence-electron chi connectivity index (χ2n) is 7.00. The van der Waals surface area contributed by atoms with E-state index in [1.165, 1.54) is 0 Å². The minimum atomic E-state index is -0.133. The Morgan fingerprint density at radius 2 is 1.82 bits per heavy atom. The average molecular weight is 396 g/mol. The highest BCUT2D eigenvalue weighted by Crippen LogP contribution is 2.15. The van der Waals surface area contributed by atoms with Crippen molar-refractivity contribution in [1.82, 2.24) is 19.8 Å². The lowest BCUT2D eigenvalue weighted by atomic mass is 10.2. The van der Waals surface area contributed by atoms with Crippen LogP contribution >= 0.6 is 12.2 Å². The maximum Gasteiger partial charge on any atom is 0.258 e. The Bertz CT molecular complexity index is 1030. The van der Waals surface area contributed by atoms with Crippen LogP contribution in [0.4, 0.5) is 5.69 Å². The molecular formula is C21H25N5OS. The van der Waals surface area contributed by atoms with E-state index in [-0.39, 0.29) is 5.56 Å². The lowest BCUT2D eigenvalue weighted by Gasteiger charge is -2.27. The summed E-state index contributed by atoms with van der Waals surface area (Å²) in [6, 6.07) is 15.4. The third-order valence-corrected chi connectivity index (χ3v) is 4.85. The largest absolute Gasteiger partial charge is 0.340 e. The van der Waals surface area contributed by atoms with Crippen LogP contribution in [0.5, 0.6) is 0 Å². The number of likely N-dealkylation sites (N-methyl/N-ethyl adjacent to an activating group) is 1. The standard InChI is InChI=1S/C21H25N5OS/c1-15-8-4-6-10-17(15)23-21(28)26(13-12-25(2)3)14-19-22-18-11-7-5-9-16(18)20(27)24-19/h4-11H,12-14H2,1-3H3,(H,23,28)(H,22,24,27). The molecule has 0 amide bonds. The molecule has 0 aliphatic heterocycles. The minimum Gasteiger partial charge on any atom is -0.340 e. The average Bonchev–Trinajstić information content (AvgIpc) is 2.66. The number of H-pyrrole nitrogens is 1. The first-order valence-corrected chi connectivity index (χ1v) is 9.59. The number of benzene rings is 2. The van der Waals surface area contributed by atoms with Crippen molar-refractivity contribution >= 4 is 33.9 Å². The Kier molecular flexibility index (Phi) is 6.38. The zero-order valence-corrected chi connectivity index (χ0v) is 17.2. The van der Waals surface area contributed by atoms with E-state index in [2.05, 4.69) is 20.2 Å². The fourth-order valence-electron chi connectivity index (χ4n) is 2.87. The summed E-state index contributed by atoms with van der Waals surface area (Å²) >= 11 is 5.67. The molecule has 3 rings (SSSR count). The van der Waals surface area contributed by atoms with Crippen molar-refractivity contribution in [3.8, 4) is 0 Å². The van der Waals surface area contributed by atoms with Crippen LogP contribution in [0.25, 0.3) is 10.9 Å². The van der Waals surface area contributed by atoms with Crippen molar-refractivity contribution < 1.29 is 0 Å². The summed E-state index contributed by atoms with van der Waals surface area (Å²) in [5.74, 6) is 0.594. The monoisotopic (exact) mass is 395 g/mol. The zero-order chi connectivity index (χ0) is 20.1. The third kappa shape index (κ3) is 4.94. The molecular weight excluding hydrogens is 370 g/mol. The van der Waals surface area contributed by atoms with Gasteiger partial charge in [0.25, 0.3) is 5.56 Å². The zero-order valence-electron chi connectivity index (χ0n) is 16.4. The Morgan fingerprint density at radius 3 is 2.57 bits per heavy atom. The Balaban J connectivity index is 1.84. The summed E-state index contributed by atoms with van der Waals surface area (Å²) in [6.07, 6.45) is 0. The predicted octanol–water partition coefficient (Wildman–Crippen LogP) is 2.99. The van der Waals surface area contributed by atoms with Gasteiger partial charge in [-0.3, -0.25) is 4.79 Å². The fourth-order valence-corrected chi connectivity index (χ4v) is 3.14. The number of para-hydroxylation sites is 2. The van der Waals surface area contributed by atoms with E-state index < -0.39 is 0 Å². The van der Waals surface area contributed by atoms with Gasteiger partial charge in [-0.15, -0.1) is 0 Å². The number of aromatic nitrogens is 2. The minimum absolute atomic E-state index is 0.133. The first-order chi connectivity index (χ1) is 13.4. The molecule has 1 heterocycles. The number of aryl methyl sites for hydroxylation is 1. The van der Waals surface area contributed by atoms with E-state index in [4.69, 9.17) is 12.2 Å². The molecule has 0 fully saturated rings. The molecule has 3 aromatic rings. The van der Waals surface area contributed by atoms with E-state index in [0.29, 0.717) is 34.9 Å². The van der Waals surface area contributed by atoms with Crippen LogP contribution in [0.15, 0.2) is 53.3 Å². The number of hydrogen-bond donors (Lipinski definition) is 2. The van der Waals surface area contributed by atoms with Gasteiger partial charge < -0.3 is 20.1 Å². The van der Waals surface area contributed by atoms with Crippen molar-refractivity contribution in [2.45, 2.75) is 13.5 Å². The second-order valence-corrected chi connectivity index (χ2v) is 7.39. The van der Waals surface area contributed by atoms with E-state index in [9.17, 15) is 4.79 Å². The van der Waals surface area contributed by atoms with Crippen LogP contribution in [0.3, 0.4) is 0 Å². The smallest absolute Gasteiger partial charge is 0.258 e. The van der Waals surface area contributed by atoms with Crippen molar-refractivity contribution in [3.05, 3.63) is 70.3 Å². The molecule has 146 valence electrons. The molecule has 1 aromatic heterocycles. The maximum atomic E-state index is 12.4. The highest BCUT2D eigenvalue weighted by Gasteiger charge is 2.14. The molecule has 0 radical (unpaired) electrons. The molecule has 0 atom stereocenters. The Hall–Kier alpha value is -2.77. The van der Waals surface area contributed by atoms with Gasteiger partial charge in [-0.25, -0.2) is 4.98 Å². The van der Waals surface area contributed by atoms with Gasteiger partial charge in [0.15, 0.2) is 5.11 Å². The van der Waals surface area contributed by atoms with Crippen molar-refractivity contribution in [2.75, 3.05) is 32.5 Å². The molecule has 0 aliphatic rings.